The van der Waals surface area contributed by atoms with Crippen LogP contribution in [0.3, 0.4) is 0 Å². The molecule has 1 atom stereocenters. The van der Waals surface area contributed by atoms with Gasteiger partial charge in [0.25, 0.3) is 0 Å². The third-order valence-electron chi connectivity index (χ3n) is 3.41. The minimum atomic E-state index is -3.47. The highest BCUT2D eigenvalue weighted by molar-refractivity contribution is 9.10. The Morgan fingerprint density at radius 2 is 1.91 bits per heavy atom. The number of hydrogen-bond acceptors (Lipinski definition) is 4. The molecule has 22 heavy (non-hydrogen) atoms. The molecule has 0 saturated heterocycles. The number of halogens is 2. The van der Waals surface area contributed by atoms with Gasteiger partial charge < -0.3 is 11.1 Å². The fraction of sp³-hybridized carbons (Fsp3) is 0.500. The molecule has 8 heteroatoms. The molecule has 1 unspecified atom stereocenters. The average Bonchev–Trinajstić information content (AvgIpc) is 3.22. The molecule has 2 rings (SSSR count). The first-order chi connectivity index (χ1) is 9.85. The van der Waals surface area contributed by atoms with Crippen LogP contribution in [0.5, 0.6) is 0 Å². The Balaban J connectivity index is 0.00000242. The van der Waals surface area contributed by atoms with Crippen LogP contribution in [0, 0.1) is 5.92 Å². The van der Waals surface area contributed by atoms with Gasteiger partial charge in [-0.1, -0.05) is 28.1 Å². The molecule has 0 aliphatic heterocycles. The van der Waals surface area contributed by atoms with Gasteiger partial charge in [0, 0.05) is 17.1 Å². The Labute approximate surface area is 145 Å². The van der Waals surface area contributed by atoms with E-state index in [1.165, 1.54) is 0 Å². The third-order valence-corrected chi connectivity index (χ3v) is 5.42. The maximum Gasteiger partial charge on any atom is 0.235 e. The molecule has 0 spiro atoms. The lowest BCUT2D eigenvalue weighted by Gasteiger charge is -2.11. The molecule has 1 aliphatic rings. The summed E-state index contributed by atoms with van der Waals surface area (Å²) < 4.78 is 24.8. The van der Waals surface area contributed by atoms with Gasteiger partial charge in [-0.2, -0.15) is 0 Å². The lowest BCUT2D eigenvalue weighted by molar-refractivity contribution is -0.118. The number of amides is 1. The summed E-state index contributed by atoms with van der Waals surface area (Å²) in [4.78, 5) is 11.7. The summed E-state index contributed by atoms with van der Waals surface area (Å²) in [5, 5.41) is 2.60. The van der Waals surface area contributed by atoms with Crippen LogP contribution in [-0.2, 0) is 20.4 Å². The van der Waals surface area contributed by atoms with Gasteiger partial charge in [0.15, 0.2) is 9.84 Å². The van der Waals surface area contributed by atoms with Crippen molar-refractivity contribution in [2.45, 2.75) is 24.6 Å². The van der Waals surface area contributed by atoms with E-state index in [1.54, 1.807) is 24.3 Å². The highest BCUT2D eigenvalue weighted by Crippen LogP contribution is 2.31. The van der Waals surface area contributed by atoms with Crippen LogP contribution in [0.1, 0.15) is 18.4 Å². The molecule has 5 nitrogen and oxygen atoms in total. The summed E-state index contributed by atoms with van der Waals surface area (Å²) in [5.74, 6) is -0.643. The SMILES string of the molecule is Cl.NC(CNC(=O)CS(=O)(=O)Cc1ccc(Br)cc1)C1CC1. The zero-order valence-corrected chi connectivity index (χ0v) is 15.2. The van der Waals surface area contributed by atoms with E-state index >= 15 is 0 Å². The average molecular weight is 412 g/mol. The quantitative estimate of drug-likeness (QED) is 0.714. The van der Waals surface area contributed by atoms with E-state index in [9.17, 15) is 13.2 Å². The standard InChI is InChI=1S/C14H19BrN2O3S.ClH/c15-12-5-1-10(2-6-12)8-21(19,20)9-14(18)17-7-13(16)11-3-4-11;/h1-2,5-6,11,13H,3-4,7-9,16H2,(H,17,18);1H. The molecule has 1 saturated carbocycles. The number of hydrogen-bond donors (Lipinski definition) is 2. The van der Waals surface area contributed by atoms with Gasteiger partial charge in [-0.05, 0) is 36.5 Å². The van der Waals surface area contributed by atoms with E-state index in [-0.39, 0.29) is 24.2 Å². The Bertz CT molecular complexity index is 603. The summed E-state index contributed by atoms with van der Waals surface area (Å²) in [6.07, 6.45) is 2.19. The van der Waals surface area contributed by atoms with Crippen molar-refractivity contribution in [1.82, 2.24) is 5.32 Å². The van der Waals surface area contributed by atoms with E-state index in [0.29, 0.717) is 18.0 Å². The molecular formula is C14H20BrClN2O3S. The normalized spacial score (nSPS) is 15.7. The monoisotopic (exact) mass is 410 g/mol. The van der Waals surface area contributed by atoms with Crippen molar-refractivity contribution >= 4 is 44.1 Å². The molecule has 0 aromatic heterocycles. The zero-order chi connectivity index (χ0) is 15.5. The number of nitrogens with two attached hydrogens (primary N) is 1. The first kappa shape index (κ1) is 19.4. The summed E-state index contributed by atoms with van der Waals surface area (Å²) in [6.45, 7) is 0.345. The van der Waals surface area contributed by atoms with E-state index in [1.807, 2.05) is 0 Å². The summed E-state index contributed by atoms with van der Waals surface area (Å²) in [7, 11) is -3.47. The minimum absolute atomic E-state index is 0. The van der Waals surface area contributed by atoms with Crippen molar-refractivity contribution in [2.24, 2.45) is 11.7 Å². The molecule has 1 aliphatic carbocycles. The van der Waals surface area contributed by atoms with E-state index in [4.69, 9.17) is 5.73 Å². The van der Waals surface area contributed by atoms with Gasteiger partial charge in [0.2, 0.25) is 5.91 Å². The van der Waals surface area contributed by atoms with E-state index in [2.05, 4.69) is 21.2 Å². The van der Waals surface area contributed by atoms with Crippen molar-refractivity contribution in [3.63, 3.8) is 0 Å². The van der Waals surface area contributed by atoms with Crippen molar-refractivity contribution < 1.29 is 13.2 Å². The molecule has 1 amide bonds. The summed E-state index contributed by atoms with van der Waals surface area (Å²) in [6, 6.07) is 6.94. The number of carbonyl (C=O) groups excluding carboxylic acids is 1. The summed E-state index contributed by atoms with van der Waals surface area (Å²) >= 11 is 3.29. The molecule has 3 N–H and O–H groups in total. The van der Waals surface area contributed by atoms with Gasteiger partial charge in [-0.15, -0.1) is 12.4 Å². The number of rotatable bonds is 7. The van der Waals surface area contributed by atoms with Crippen LogP contribution in [0.2, 0.25) is 0 Å². The highest BCUT2D eigenvalue weighted by atomic mass is 79.9. The van der Waals surface area contributed by atoms with Crippen LogP contribution in [0.4, 0.5) is 0 Å². The molecule has 1 fully saturated rings. The maximum absolute atomic E-state index is 12.0. The van der Waals surface area contributed by atoms with Crippen LogP contribution in [0.15, 0.2) is 28.7 Å². The molecule has 1 aromatic rings. The minimum Gasteiger partial charge on any atom is -0.354 e. The number of benzene rings is 1. The third kappa shape index (κ3) is 6.64. The van der Waals surface area contributed by atoms with Gasteiger partial charge in [-0.25, -0.2) is 8.42 Å². The topological polar surface area (TPSA) is 89.3 Å². The maximum atomic E-state index is 12.0. The second-order valence-electron chi connectivity index (χ2n) is 5.46. The van der Waals surface area contributed by atoms with Crippen LogP contribution in [0.25, 0.3) is 0 Å². The Kier molecular flexibility index (Phi) is 7.31. The van der Waals surface area contributed by atoms with Crippen molar-refractivity contribution in [2.75, 3.05) is 12.3 Å². The smallest absolute Gasteiger partial charge is 0.235 e. The first-order valence-corrected chi connectivity index (χ1v) is 9.44. The van der Waals surface area contributed by atoms with Gasteiger partial charge in [0.05, 0.1) is 5.75 Å². The first-order valence-electron chi connectivity index (χ1n) is 6.83. The molecule has 124 valence electrons. The predicted octanol–water partition coefficient (Wildman–Crippen LogP) is 1.64. The largest absolute Gasteiger partial charge is 0.354 e. The summed E-state index contributed by atoms with van der Waals surface area (Å²) in [5.41, 5.74) is 6.53. The zero-order valence-electron chi connectivity index (χ0n) is 12.0. The fourth-order valence-electron chi connectivity index (χ4n) is 2.06. The molecular weight excluding hydrogens is 392 g/mol. The van der Waals surface area contributed by atoms with Gasteiger partial charge in [-0.3, -0.25) is 4.79 Å². The Morgan fingerprint density at radius 1 is 1.32 bits per heavy atom. The lowest BCUT2D eigenvalue weighted by atomic mass is 10.2. The molecule has 0 bridgehead atoms. The van der Waals surface area contributed by atoms with Crippen LogP contribution in [-0.4, -0.2) is 32.7 Å². The van der Waals surface area contributed by atoms with E-state index < -0.39 is 21.5 Å². The molecule has 0 heterocycles. The number of nitrogens with one attached hydrogen (secondary N) is 1. The van der Waals surface area contributed by atoms with E-state index in [0.717, 1.165) is 17.3 Å². The number of sulfone groups is 1. The number of carbonyl (C=O) groups is 1. The lowest BCUT2D eigenvalue weighted by Crippen LogP contribution is -2.40. The van der Waals surface area contributed by atoms with Gasteiger partial charge in [0.1, 0.15) is 5.75 Å². The fourth-order valence-corrected chi connectivity index (χ4v) is 3.63. The Morgan fingerprint density at radius 3 is 2.45 bits per heavy atom. The molecule has 1 aromatic carbocycles. The predicted molar refractivity (Wildman–Crippen MR) is 92.6 cm³/mol. The highest BCUT2D eigenvalue weighted by Gasteiger charge is 2.28. The van der Waals surface area contributed by atoms with Crippen LogP contribution >= 0.6 is 28.3 Å². The van der Waals surface area contributed by atoms with Crippen molar-refractivity contribution in [3.05, 3.63) is 34.3 Å². The second-order valence-corrected chi connectivity index (χ2v) is 8.44. The van der Waals surface area contributed by atoms with Crippen molar-refractivity contribution in [1.29, 1.82) is 0 Å². The van der Waals surface area contributed by atoms with Crippen molar-refractivity contribution in [3.8, 4) is 0 Å². The van der Waals surface area contributed by atoms with Gasteiger partial charge >= 0.3 is 0 Å². The Hall–Kier alpha value is -0.630. The molecule has 0 radical (unpaired) electrons. The van der Waals surface area contributed by atoms with Crippen LogP contribution < -0.4 is 11.1 Å². The second kappa shape index (κ2) is 8.29.